The average Bonchev–Trinajstić information content (AvgIpc) is 3.00. The molecule has 1 amide bonds. The number of fused-ring (bicyclic) bond motifs is 1. The Labute approximate surface area is 158 Å². The Bertz CT molecular complexity index is 782. The summed E-state index contributed by atoms with van der Waals surface area (Å²) in [5.74, 6) is -0.0628. The van der Waals surface area contributed by atoms with Crippen molar-refractivity contribution in [2.45, 2.75) is 51.9 Å². The lowest BCUT2D eigenvalue weighted by molar-refractivity contribution is -0.116. The van der Waals surface area contributed by atoms with Crippen LogP contribution in [0.1, 0.15) is 65.4 Å². The van der Waals surface area contributed by atoms with E-state index < -0.39 is 0 Å². The molecular weight excluding hydrogens is 346 g/mol. The fourth-order valence-electron chi connectivity index (χ4n) is 3.50. The Morgan fingerprint density at radius 2 is 2.04 bits per heavy atom. The standard InChI is InChI=1S/C21H25NO3S/c1-3-25-21(24)19-18-14(2)8-7-11-16(18)26-20(19)22-17(23)13-12-15-9-5-4-6-10-15/h4-6,9-10,14H,3,7-8,11-13H2,1-2H3,(H,22,23). The molecule has 0 radical (unpaired) electrons. The van der Waals surface area contributed by atoms with Gasteiger partial charge in [-0.2, -0.15) is 0 Å². The van der Waals surface area contributed by atoms with E-state index in [1.165, 1.54) is 16.2 Å². The molecule has 5 heteroatoms. The quantitative estimate of drug-likeness (QED) is 0.732. The number of esters is 1. The second kappa shape index (κ2) is 8.49. The zero-order valence-electron chi connectivity index (χ0n) is 15.3. The smallest absolute Gasteiger partial charge is 0.341 e. The molecule has 1 aliphatic rings. The third-order valence-electron chi connectivity index (χ3n) is 4.77. The number of ether oxygens (including phenoxy) is 1. The second-order valence-corrected chi connectivity index (χ2v) is 7.80. The van der Waals surface area contributed by atoms with Crippen molar-refractivity contribution in [2.75, 3.05) is 11.9 Å². The van der Waals surface area contributed by atoms with Crippen LogP contribution in [0.3, 0.4) is 0 Å². The van der Waals surface area contributed by atoms with E-state index in [1.807, 2.05) is 30.3 Å². The molecule has 2 aromatic rings. The van der Waals surface area contributed by atoms with E-state index in [-0.39, 0.29) is 11.9 Å². The van der Waals surface area contributed by atoms with Gasteiger partial charge >= 0.3 is 5.97 Å². The summed E-state index contributed by atoms with van der Waals surface area (Å²) in [4.78, 5) is 26.2. The first-order chi connectivity index (χ1) is 12.6. The van der Waals surface area contributed by atoms with Gasteiger partial charge in [-0.1, -0.05) is 37.3 Å². The Morgan fingerprint density at radius 1 is 1.27 bits per heavy atom. The second-order valence-electron chi connectivity index (χ2n) is 6.69. The number of hydrogen-bond donors (Lipinski definition) is 1. The lowest BCUT2D eigenvalue weighted by Crippen LogP contribution is -2.16. The summed E-state index contributed by atoms with van der Waals surface area (Å²) >= 11 is 1.54. The zero-order chi connectivity index (χ0) is 18.5. The van der Waals surface area contributed by atoms with Crippen molar-refractivity contribution in [1.82, 2.24) is 0 Å². The van der Waals surface area contributed by atoms with E-state index in [2.05, 4.69) is 12.2 Å². The molecule has 1 N–H and O–H groups in total. The van der Waals surface area contributed by atoms with Crippen LogP contribution in [0.25, 0.3) is 0 Å². The van der Waals surface area contributed by atoms with Gasteiger partial charge in [-0.05, 0) is 49.7 Å². The number of hydrogen-bond acceptors (Lipinski definition) is 4. The minimum Gasteiger partial charge on any atom is -0.462 e. The lowest BCUT2D eigenvalue weighted by Gasteiger charge is -2.19. The van der Waals surface area contributed by atoms with Crippen LogP contribution in [0.4, 0.5) is 5.00 Å². The fraction of sp³-hybridized carbons (Fsp3) is 0.429. The third-order valence-corrected chi connectivity index (χ3v) is 5.95. The van der Waals surface area contributed by atoms with Crippen LogP contribution in [0, 0.1) is 0 Å². The molecule has 1 unspecified atom stereocenters. The number of carbonyl (C=O) groups is 2. The van der Waals surface area contributed by atoms with Gasteiger partial charge in [-0.15, -0.1) is 11.3 Å². The molecule has 4 nitrogen and oxygen atoms in total. The van der Waals surface area contributed by atoms with Crippen LogP contribution in [-0.4, -0.2) is 18.5 Å². The topological polar surface area (TPSA) is 55.4 Å². The highest BCUT2D eigenvalue weighted by atomic mass is 32.1. The average molecular weight is 372 g/mol. The molecule has 1 aromatic carbocycles. The number of carbonyl (C=O) groups excluding carboxylic acids is 2. The highest BCUT2D eigenvalue weighted by molar-refractivity contribution is 7.17. The highest BCUT2D eigenvalue weighted by Gasteiger charge is 2.30. The molecule has 26 heavy (non-hydrogen) atoms. The van der Waals surface area contributed by atoms with Gasteiger partial charge in [0.15, 0.2) is 0 Å². The van der Waals surface area contributed by atoms with Gasteiger partial charge in [-0.25, -0.2) is 4.79 Å². The minimum atomic E-state index is -0.322. The molecule has 1 atom stereocenters. The van der Waals surface area contributed by atoms with Gasteiger partial charge in [0, 0.05) is 11.3 Å². The van der Waals surface area contributed by atoms with Crippen molar-refractivity contribution in [2.24, 2.45) is 0 Å². The SMILES string of the molecule is CCOC(=O)c1c(NC(=O)CCc2ccccc2)sc2c1C(C)CCC2. The third kappa shape index (κ3) is 4.15. The molecule has 0 aliphatic heterocycles. The van der Waals surface area contributed by atoms with Gasteiger partial charge in [0.05, 0.1) is 12.2 Å². The van der Waals surface area contributed by atoms with Crippen molar-refractivity contribution >= 4 is 28.2 Å². The first-order valence-corrected chi connectivity index (χ1v) is 10.1. The van der Waals surface area contributed by atoms with Gasteiger partial charge in [0.2, 0.25) is 5.91 Å². The summed E-state index contributed by atoms with van der Waals surface area (Å²) in [6, 6.07) is 9.94. The number of nitrogens with one attached hydrogen (secondary N) is 1. The summed E-state index contributed by atoms with van der Waals surface area (Å²) in [6.45, 7) is 4.28. The number of anilines is 1. The summed E-state index contributed by atoms with van der Waals surface area (Å²) < 4.78 is 5.27. The molecule has 1 aromatic heterocycles. The van der Waals surface area contributed by atoms with Crippen molar-refractivity contribution in [1.29, 1.82) is 0 Å². The first kappa shape index (κ1) is 18.6. The van der Waals surface area contributed by atoms with E-state index >= 15 is 0 Å². The van der Waals surface area contributed by atoms with Gasteiger partial charge < -0.3 is 10.1 Å². The molecule has 0 spiro atoms. The van der Waals surface area contributed by atoms with Crippen molar-refractivity contribution in [3.05, 3.63) is 51.9 Å². The summed E-state index contributed by atoms with van der Waals surface area (Å²) in [7, 11) is 0. The van der Waals surface area contributed by atoms with E-state index in [4.69, 9.17) is 4.74 Å². The lowest BCUT2D eigenvalue weighted by atomic mass is 9.86. The van der Waals surface area contributed by atoms with E-state index in [0.717, 1.165) is 30.4 Å². The summed E-state index contributed by atoms with van der Waals surface area (Å²) in [6.07, 6.45) is 4.24. The maximum Gasteiger partial charge on any atom is 0.341 e. The molecule has 138 valence electrons. The Hall–Kier alpha value is -2.14. The first-order valence-electron chi connectivity index (χ1n) is 9.26. The fourth-order valence-corrected chi connectivity index (χ4v) is 4.86. The molecule has 1 aliphatic carbocycles. The zero-order valence-corrected chi connectivity index (χ0v) is 16.2. The van der Waals surface area contributed by atoms with Gasteiger partial charge in [0.25, 0.3) is 0 Å². The number of thiophene rings is 1. The highest BCUT2D eigenvalue weighted by Crippen LogP contribution is 2.43. The summed E-state index contributed by atoms with van der Waals surface area (Å²) in [5, 5.41) is 3.63. The maximum absolute atomic E-state index is 12.5. The van der Waals surface area contributed by atoms with Crippen molar-refractivity contribution in [3.8, 4) is 0 Å². The van der Waals surface area contributed by atoms with Crippen LogP contribution in [0.2, 0.25) is 0 Å². The Kier molecular flexibility index (Phi) is 6.09. The minimum absolute atomic E-state index is 0.0642. The van der Waals surface area contributed by atoms with E-state index in [9.17, 15) is 9.59 Å². The molecule has 0 saturated carbocycles. The van der Waals surface area contributed by atoms with E-state index in [0.29, 0.717) is 35.9 Å². The molecule has 3 rings (SSSR count). The molecular formula is C21H25NO3S. The van der Waals surface area contributed by atoms with Crippen LogP contribution >= 0.6 is 11.3 Å². The predicted molar refractivity (Wildman–Crippen MR) is 105 cm³/mol. The molecule has 0 saturated heterocycles. The van der Waals surface area contributed by atoms with Gasteiger partial charge in [0.1, 0.15) is 5.00 Å². The Balaban J connectivity index is 1.78. The molecule has 1 heterocycles. The van der Waals surface area contributed by atoms with Gasteiger partial charge in [-0.3, -0.25) is 4.79 Å². The summed E-state index contributed by atoms with van der Waals surface area (Å²) in [5.41, 5.74) is 2.79. The number of rotatable bonds is 6. The van der Waals surface area contributed by atoms with Crippen LogP contribution in [0.15, 0.2) is 30.3 Å². The van der Waals surface area contributed by atoms with E-state index in [1.54, 1.807) is 6.92 Å². The number of amides is 1. The normalized spacial score (nSPS) is 16.0. The van der Waals surface area contributed by atoms with Crippen LogP contribution in [0.5, 0.6) is 0 Å². The largest absolute Gasteiger partial charge is 0.462 e. The van der Waals surface area contributed by atoms with Crippen molar-refractivity contribution < 1.29 is 14.3 Å². The van der Waals surface area contributed by atoms with Crippen molar-refractivity contribution in [3.63, 3.8) is 0 Å². The number of benzene rings is 1. The number of aryl methyl sites for hydroxylation is 2. The Morgan fingerprint density at radius 3 is 2.77 bits per heavy atom. The van der Waals surface area contributed by atoms with Crippen LogP contribution < -0.4 is 5.32 Å². The monoisotopic (exact) mass is 371 g/mol. The van der Waals surface area contributed by atoms with Crippen LogP contribution in [-0.2, 0) is 22.4 Å². The molecule has 0 bridgehead atoms. The maximum atomic E-state index is 12.5. The predicted octanol–water partition coefficient (Wildman–Crippen LogP) is 4.94. The molecule has 0 fully saturated rings.